The fraction of sp³-hybridized carbons (Fsp3) is 0.350. The van der Waals surface area contributed by atoms with Gasteiger partial charge < -0.3 is 5.32 Å². The number of carbonyl (C=O) groups is 1. The summed E-state index contributed by atoms with van der Waals surface area (Å²) >= 11 is 5.65. The van der Waals surface area contributed by atoms with Gasteiger partial charge in [0.25, 0.3) is 0 Å². The predicted octanol–water partition coefficient (Wildman–Crippen LogP) is 5.78. The molecule has 1 N–H and O–H groups in total. The van der Waals surface area contributed by atoms with Gasteiger partial charge >= 0.3 is 0 Å². The molecule has 1 aliphatic carbocycles. The summed E-state index contributed by atoms with van der Waals surface area (Å²) in [7, 11) is 0. The highest BCUT2D eigenvalue weighted by Gasteiger charge is 2.24. The second-order valence-corrected chi connectivity index (χ2v) is 6.92. The largest absolute Gasteiger partial charge is 0.326 e. The number of hydrogen-bond acceptors (Lipinski definition) is 1. The quantitative estimate of drug-likeness (QED) is 0.747. The normalized spacial score (nSPS) is 20.6. The van der Waals surface area contributed by atoms with Crippen molar-refractivity contribution in [2.24, 2.45) is 5.92 Å². The SMILES string of the molecule is O=C(CC1CCC(c2ccccc2)CC1)Nc1ccc(Cl)c(F)c1. The molecular formula is C20H21ClFNO. The molecule has 1 aliphatic rings. The Kier molecular flexibility index (Phi) is 5.52. The molecule has 2 aromatic carbocycles. The van der Waals surface area contributed by atoms with E-state index in [1.54, 1.807) is 6.07 Å². The van der Waals surface area contributed by atoms with E-state index in [0.717, 1.165) is 25.7 Å². The van der Waals surface area contributed by atoms with Gasteiger partial charge in [0.2, 0.25) is 5.91 Å². The molecule has 2 aromatic rings. The van der Waals surface area contributed by atoms with Crippen LogP contribution in [0.2, 0.25) is 5.02 Å². The zero-order chi connectivity index (χ0) is 16.9. The van der Waals surface area contributed by atoms with Crippen molar-refractivity contribution in [3.8, 4) is 0 Å². The molecule has 0 unspecified atom stereocenters. The Morgan fingerprint density at radius 1 is 1.08 bits per heavy atom. The number of rotatable bonds is 4. The topological polar surface area (TPSA) is 29.1 Å². The van der Waals surface area contributed by atoms with Crippen LogP contribution < -0.4 is 5.32 Å². The van der Waals surface area contributed by atoms with Crippen molar-refractivity contribution in [2.45, 2.75) is 38.0 Å². The van der Waals surface area contributed by atoms with Gasteiger partial charge in [-0.2, -0.15) is 0 Å². The first-order valence-electron chi connectivity index (χ1n) is 8.41. The van der Waals surface area contributed by atoms with Crippen LogP contribution in [0.1, 0.15) is 43.6 Å². The zero-order valence-corrected chi connectivity index (χ0v) is 14.2. The van der Waals surface area contributed by atoms with Crippen LogP contribution in [0.15, 0.2) is 48.5 Å². The summed E-state index contributed by atoms with van der Waals surface area (Å²) in [6.07, 6.45) is 4.85. The third kappa shape index (κ3) is 4.35. The van der Waals surface area contributed by atoms with Gasteiger partial charge in [-0.05, 0) is 61.3 Å². The Bertz CT molecular complexity index is 696. The standard InChI is InChI=1S/C20H21ClFNO/c21-18-11-10-17(13-19(18)22)23-20(24)12-14-6-8-16(9-7-14)15-4-2-1-3-5-15/h1-5,10-11,13-14,16H,6-9,12H2,(H,23,24). The van der Waals surface area contributed by atoms with Crippen molar-refractivity contribution in [3.63, 3.8) is 0 Å². The van der Waals surface area contributed by atoms with Crippen LogP contribution in [-0.2, 0) is 4.79 Å². The smallest absolute Gasteiger partial charge is 0.224 e. The van der Waals surface area contributed by atoms with E-state index in [4.69, 9.17) is 11.6 Å². The van der Waals surface area contributed by atoms with Crippen molar-refractivity contribution in [1.82, 2.24) is 0 Å². The van der Waals surface area contributed by atoms with E-state index in [2.05, 4.69) is 29.6 Å². The molecule has 0 aromatic heterocycles. The lowest BCUT2D eigenvalue weighted by Crippen LogP contribution is -2.20. The van der Waals surface area contributed by atoms with E-state index in [0.29, 0.717) is 23.9 Å². The fourth-order valence-corrected chi connectivity index (χ4v) is 3.59. The highest BCUT2D eigenvalue weighted by atomic mass is 35.5. The van der Waals surface area contributed by atoms with E-state index in [1.807, 2.05) is 6.07 Å². The first-order valence-corrected chi connectivity index (χ1v) is 8.79. The Morgan fingerprint density at radius 3 is 2.46 bits per heavy atom. The van der Waals surface area contributed by atoms with E-state index in [1.165, 1.54) is 17.7 Å². The summed E-state index contributed by atoms with van der Waals surface area (Å²) < 4.78 is 13.4. The minimum absolute atomic E-state index is 0.0557. The lowest BCUT2D eigenvalue weighted by Gasteiger charge is -2.28. The van der Waals surface area contributed by atoms with Crippen LogP contribution in [-0.4, -0.2) is 5.91 Å². The number of nitrogens with one attached hydrogen (secondary N) is 1. The monoisotopic (exact) mass is 345 g/mol. The van der Waals surface area contributed by atoms with Crippen molar-refractivity contribution in [3.05, 3.63) is 64.9 Å². The molecule has 24 heavy (non-hydrogen) atoms. The molecule has 0 radical (unpaired) electrons. The van der Waals surface area contributed by atoms with Crippen LogP contribution >= 0.6 is 11.6 Å². The van der Waals surface area contributed by atoms with Crippen LogP contribution in [0.25, 0.3) is 0 Å². The minimum Gasteiger partial charge on any atom is -0.326 e. The highest BCUT2D eigenvalue weighted by Crippen LogP contribution is 2.37. The second-order valence-electron chi connectivity index (χ2n) is 6.51. The minimum atomic E-state index is -0.516. The molecule has 3 rings (SSSR count). The third-order valence-corrected chi connectivity index (χ3v) is 5.10. The lowest BCUT2D eigenvalue weighted by molar-refractivity contribution is -0.117. The molecule has 2 nitrogen and oxygen atoms in total. The number of carbonyl (C=O) groups excluding carboxylic acids is 1. The summed E-state index contributed by atoms with van der Waals surface area (Å²) in [5.41, 5.74) is 1.86. The van der Waals surface area contributed by atoms with Crippen molar-refractivity contribution in [1.29, 1.82) is 0 Å². The summed E-state index contributed by atoms with van der Waals surface area (Å²) in [6, 6.07) is 14.9. The van der Waals surface area contributed by atoms with E-state index in [-0.39, 0.29) is 10.9 Å². The maximum absolute atomic E-state index is 13.4. The van der Waals surface area contributed by atoms with Gasteiger partial charge in [0.05, 0.1) is 5.02 Å². The van der Waals surface area contributed by atoms with Crippen LogP contribution in [0.4, 0.5) is 10.1 Å². The molecule has 1 fully saturated rings. The summed E-state index contributed by atoms with van der Waals surface area (Å²) in [5.74, 6) is 0.440. The Hall–Kier alpha value is -1.87. The summed E-state index contributed by atoms with van der Waals surface area (Å²) in [5, 5.41) is 2.82. The van der Waals surface area contributed by atoms with E-state index < -0.39 is 5.82 Å². The first-order chi connectivity index (χ1) is 11.6. The molecule has 4 heteroatoms. The molecule has 0 atom stereocenters. The van der Waals surface area contributed by atoms with Gasteiger partial charge in [0.15, 0.2) is 0 Å². The average molecular weight is 346 g/mol. The number of hydrogen-bond donors (Lipinski definition) is 1. The van der Waals surface area contributed by atoms with Gasteiger partial charge in [-0.25, -0.2) is 4.39 Å². The maximum Gasteiger partial charge on any atom is 0.224 e. The number of halogens is 2. The first kappa shape index (κ1) is 17.0. The molecule has 0 bridgehead atoms. The predicted molar refractivity (Wildman–Crippen MR) is 95.8 cm³/mol. The van der Waals surface area contributed by atoms with E-state index >= 15 is 0 Å². The molecular weight excluding hydrogens is 325 g/mol. The Morgan fingerprint density at radius 2 is 1.79 bits per heavy atom. The van der Waals surface area contributed by atoms with Gasteiger partial charge in [0, 0.05) is 12.1 Å². The van der Waals surface area contributed by atoms with Crippen LogP contribution in [0, 0.1) is 11.7 Å². The number of anilines is 1. The fourth-order valence-electron chi connectivity index (χ4n) is 3.47. The lowest BCUT2D eigenvalue weighted by atomic mass is 9.77. The van der Waals surface area contributed by atoms with Crippen molar-refractivity contribution < 1.29 is 9.18 Å². The molecule has 0 heterocycles. The molecule has 1 amide bonds. The van der Waals surface area contributed by atoms with Crippen molar-refractivity contribution >= 4 is 23.2 Å². The molecule has 1 saturated carbocycles. The molecule has 0 spiro atoms. The number of benzene rings is 2. The molecule has 0 aliphatic heterocycles. The van der Waals surface area contributed by atoms with Gasteiger partial charge in [-0.3, -0.25) is 4.79 Å². The third-order valence-electron chi connectivity index (χ3n) is 4.80. The highest BCUT2D eigenvalue weighted by molar-refractivity contribution is 6.30. The van der Waals surface area contributed by atoms with Gasteiger partial charge in [-0.15, -0.1) is 0 Å². The summed E-state index contributed by atoms with van der Waals surface area (Å²) in [4.78, 5) is 12.2. The van der Waals surface area contributed by atoms with Gasteiger partial charge in [-0.1, -0.05) is 41.9 Å². The average Bonchev–Trinajstić information content (AvgIpc) is 2.59. The van der Waals surface area contributed by atoms with Gasteiger partial charge in [0.1, 0.15) is 5.82 Å². The number of amides is 1. The van der Waals surface area contributed by atoms with Crippen LogP contribution in [0.3, 0.4) is 0 Å². The molecule has 126 valence electrons. The van der Waals surface area contributed by atoms with Crippen LogP contribution in [0.5, 0.6) is 0 Å². The summed E-state index contributed by atoms with van der Waals surface area (Å²) in [6.45, 7) is 0. The Balaban J connectivity index is 1.49. The van der Waals surface area contributed by atoms with E-state index in [9.17, 15) is 9.18 Å². The maximum atomic E-state index is 13.4. The van der Waals surface area contributed by atoms with Crippen molar-refractivity contribution in [2.75, 3.05) is 5.32 Å². The molecule has 0 saturated heterocycles. The second kappa shape index (κ2) is 7.80. The zero-order valence-electron chi connectivity index (χ0n) is 13.5. The Labute approximate surface area is 147 Å².